The van der Waals surface area contributed by atoms with Crippen LogP contribution in [0.3, 0.4) is 0 Å². The molecule has 2 aliphatic carbocycles. The number of hydrogen-bond acceptors (Lipinski definition) is 4. The molecule has 3 nitrogen and oxygen atoms in total. The average molecular weight is 472 g/mol. The van der Waals surface area contributed by atoms with Crippen molar-refractivity contribution in [2.75, 3.05) is 33.1 Å². The molecule has 5 rings (SSSR count). The van der Waals surface area contributed by atoms with E-state index < -0.39 is 0 Å². The van der Waals surface area contributed by atoms with E-state index in [1.54, 1.807) is 19.8 Å². The molecule has 1 aromatic carbocycles. The number of rotatable bonds is 5. The normalized spacial score (nSPS) is 22.2. The zero-order chi connectivity index (χ0) is 23.3. The lowest BCUT2D eigenvalue weighted by atomic mass is 9.92. The standard InChI is InChI=1S/C30H33NO2S/c1-32-26-16-15-22(29(20-26)33-2)12-8-18-31-17-6-5-14-28(31)27-13-7-11-24-19-23-9-3-4-10-25(23)21-34-30(24)27/h3-4,7-8,10-12,15-16,19-20H,5-6,9,13-14,17-18,21H2,1-2H3. The third kappa shape index (κ3) is 4.83. The number of piperidine rings is 1. The summed E-state index contributed by atoms with van der Waals surface area (Å²) < 4.78 is 10.9. The molecule has 176 valence electrons. The molecule has 1 aromatic rings. The predicted octanol–water partition coefficient (Wildman–Crippen LogP) is 7.23. The topological polar surface area (TPSA) is 21.7 Å². The largest absolute Gasteiger partial charge is 0.497 e. The summed E-state index contributed by atoms with van der Waals surface area (Å²) in [5, 5.41) is 0. The second-order valence-electron chi connectivity index (χ2n) is 9.01. The quantitative estimate of drug-likeness (QED) is 0.451. The van der Waals surface area contributed by atoms with Crippen LogP contribution in [0.4, 0.5) is 0 Å². The Balaban J connectivity index is 1.40. The molecule has 2 heterocycles. The molecule has 0 bridgehead atoms. The molecule has 34 heavy (non-hydrogen) atoms. The molecule has 2 aliphatic heterocycles. The molecular formula is C30H33NO2S. The van der Waals surface area contributed by atoms with Crippen LogP contribution in [0.15, 0.2) is 93.6 Å². The minimum atomic E-state index is 0.814. The van der Waals surface area contributed by atoms with Gasteiger partial charge in [-0.05, 0) is 66.5 Å². The van der Waals surface area contributed by atoms with E-state index in [4.69, 9.17) is 9.47 Å². The first-order chi connectivity index (χ1) is 16.8. The molecular weight excluding hydrogens is 438 g/mol. The number of allylic oxidation sites excluding steroid dienone is 10. The minimum Gasteiger partial charge on any atom is -0.497 e. The number of benzene rings is 1. The van der Waals surface area contributed by atoms with Crippen LogP contribution >= 0.6 is 11.8 Å². The maximum absolute atomic E-state index is 5.57. The molecule has 0 radical (unpaired) electrons. The van der Waals surface area contributed by atoms with Gasteiger partial charge in [0.05, 0.1) is 14.2 Å². The first-order valence-corrected chi connectivity index (χ1v) is 13.2. The smallest absolute Gasteiger partial charge is 0.129 e. The molecule has 1 saturated heterocycles. The molecule has 0 saturated carbocycles. The number of hydrogen-bond donors (Lipinski definition) is 0. The Bertz CT molecular complexity index is 1160. The van der Waals surface area contributed by atoms with Gasteiger partial charge < -0.3 is 14.4 Å². The van der Waals surface area contributed by atoms with Crippen molar-refractivity contribution >= 4 is 17.8 Å². The molecule has 4 aliphatic rings. The van der Waals surface area contributed by atoms with Gasteiger partial charge in [0.2, 0.25) is 0 Å². The highest BCUT2D eigenvalue weighted by molar-refractivity contribution is 8.03. The van der Waals surface area contributed by atoms with Gasteiger partial charge in [0, 0.05) is 41.1 Å². The Hall–Kier alpha value is -2.85. The molecule has 0 N–H and O–H groups in total. The molecule has 0 amide bonds. The van der Waals surface area contributed by atoms with Crippen LogP contribution in [-0.2, 0) is 0 Å². The van der Waals surface area contributed by atoms with Gasteiger partial charge in [0.15, 0.2) is 0 Å². The number of fused-ring (bicyclic) bond motifs is 1. The van der Waals surface area contributed by atoms with E-state index >= 15 is 0 Å². The Morgan fingerprint density at radius 3 is 2.88 bits per heavy atom. The van der Waals surface area contributed by atoms with Crippen LogP contribution in [0.1, 0.15) is 37.7 Å². The fraction of sp³-hybridized carbons (Fsp3) is 0.333. The summed E-state index contributed by atoms with van der Waals surface area (Å²) in [5.41, 5.74) is 8.52. The second kappa shape index (κ2) is 10.6. The lowest BCUT2D eigenvalue weighted by molar-refractivity contribution is 0.313. The Labute approximate surface area is 207 Å². The third-order valence-electron chi connectivity index (χ3n) is 6.93. The summed E-state index contributed by atoms with van der Waals surface area (Å²) >= 11 is 2.03. The van der Waals surface area contributed by atoms with Crippen LogP contribution in [0, 0.1) is 0 Å². The van der Waals surface area contributed by atoms with Gasteiger partial charge in [-0.1, -0.05) is 48.6 Å². The van der Waals surface area contributed by atoms with Crippen LogP contribution in [0.2, 0.25) is 0 Å². The first kappa shape index (κ1) is 22.9. The Morgan fingerprint density at radius 2 is 2.00 bits per heavy atom. The van der Waals surface area contributed by atoms with Crippen LogP contribution in [-0.4, -0.2) is 38.0 Å². The summed E-state index contributed by atoms with van der Waals surface area (Å²) in [4.78, 5) is 4.09. The van der Waals surface area contributed by atoms with Crippen LogP contribution in [0.5, 0.6) is 11.5 Å². The molecule has 0 unspecified atom stereocenters. The fourth-order valence-corrected chi connectivity index (χ4v) is 6.37. The number of nitrogens with zero attached hydrogens (tertiary/aromatic N) is 1. The first-order valence-electron chi connectivity index (χ1n) is 12.2. The predicted molar refractivity (Wildman–Crippen MR) is 144 cm³/mol. The molecule has 0 aromatic heterocycles. The fourth-order valence-electron chi connectivity index (χ4n) is 5.12. The highest BCUT2D eigenvalue weighted by Crippen LogP contribution is 2.43. The lowest BCUT2D eigenvalue weighted by Gasteiger charge is -2.34. The van der Waals surface area contributed by atoms with Crippen molar-refractivity contribution in [3.05, 3.63) is 99.2 Å². The third-order valence-corrected chi connectivity index (χ3v) is 8.15. The van der Waals surface area contributed by atoms with Gasteiger partial charge in [-0.25, -0.2) is 0 Å². The van der Waals surface area contributed by atoms with Gasteiger partial charge in [-0.3, -0.25) is 0 Å². The number of likely N-dealkylation sites (tertiary alicyclic amines) is 1. The van der Waals surface area contributed by atoms with E-state index in [0.29, 0.717) is 0 Å². The number of methoxy groups -OCH3 is 2. The van der Waals surface area contributed by atoms with Crippen molar-refractivity contribution in [1.29, 1.82) is 0 Å². The SMILES string of the molecule is COc1ccc(C=CCN2CCCCC2=C2CC=CC3=C2SCC2=CC=CCC2=C3)c(OC)c1. The molecule has 0 atom stereocenters. The van der Waals surface area contributed by atoms with Crippen molar-refractivity contribution in [1.82, 2.24) is 4.90 Å². The van der Waals surface area contributed by atoms with Crippen molar-refractivity contribution in [3.8, 4) is 11.5 Å². The maximum Gasteiger partial charge on any atom is 0.129 e. The van der Waals surface area contributed by atoms with Crippen LogP contribution in [0.25, 0.3) is 6.08 Å². The second-order valence-corrected chi connectivity index (χ2v) is 10.00. The summed E-state index contributed by atoms with van der Waals surface area (Å²) in [6.45, 7) is 2.04. The molecule has 0 spiro atoms. The highest BCUT2D eigenvalue weighted by Gasteiger charge is 2.25. The van der Waals surface area contributed by atoms with Gasteiger partial charge in [0.25, 0.3) is 0 Å². The van der Waals surface area contributed by atoms with E-state index in [1.807, 2.05) is 23.9 Å². The zero-order valence-corrected chi connectivity index (χ0v) is 21.0. The summed E-state index contributed by atoms with van der Waals surface area (Å²) in [7, 11) is 3.39. The van der Waals surface area contributed by atoms with Crippen LogP contribution < -0.4 is 9.47 Å². The van der Waals surface area contributed by atoms with Gasteiger partial charge in [0.1, 0.15) is 11.5 Å². The average Bonchev–Trinajstić information content (AvgIpc) is 3.08. The minimum absolute atomic E-state index is 0.814. The van der Waals surface area contributed by atoms with E-state index in [0.717, 1.165) is 48.7 Å². The van der Waals surface area contributed by atoms with Gasteiger partial charge in [-0.15, -0.1) is 11.8 Å². The summed E-state index contributed by atoms with van der Waals surface area (Å²) in [5.74, 6) is 2.72. The number of thioether (sulfide) groups is 1. The van der Waals surface area contributed by atoms with Gasteiger partial charge >= 0.3 is 0 Å². The van der Waals surface area contributed by atoms with Crippen molar-refractivity contribution < 1.29 is 9.47 Å². The summed E-state index contributed by atoms with van der Waals surface area (Å²) in [6, 6.07) is 5.99. The van der Waals surface area contributed by atoms with Crippen molar-refractivity contribution in [3.63, 3.8) is 0 Å². The van der Waals surface area contributed by atoms with E-state index in [9.17, 15) is 0 Å². The monoisotopic (exact) mass is 471 g/mol. The molecule has 4 heteroatoms. The lowest BCUT2D eigenvalue weighted by Crippen LogP contribution is -2.29. The summed E-state index contributed by atoms with van der Waals surface area (Å²) in [6.07, 6.45) is 24.1. The molecule has 1 fully saturated rings. The zero-order valence-electron chi connectivity index (χ0n) is 20.2. The maximum atomic E-state index is 5.57. The van der Waals surface area contributed by atoms with Crippen molar-refractivity contribution in [2.45, 2.75) is 32.1 Å². The van der Waals surface area contributed by atoms with Gasteiger partial charge in [-0.2, -0.15) is 0 Å². The van der Waals surface area contributed by atoms with E-state index in [-0.39, 0.29) is 0 Å². The number of ether oxygens (including phenoxy) is 2. The Kier molecular flexibility index (Phi) is 7.15. The van der Waals surface area contributed by atoms with E-state index in [2.05, 4.69) is 59.6 Å². The highest BCUT2D eigenvalue weighted by atomic mass is 32.2. The van der Waals surface area contributed by atoms with Crippen molar-refractivity contribution in [2.24, 2.45) is 0 Å². The van der Waals surface area contributed by atoms with E-state index in [1.165, 1.54) is 46.6 Å². The Morgan fingerprint density at radius 1 is 1.06 bits per heavy atom.